The Balaban J connectivity index is -0.0000000280. The molecule has 0 aliphatic rings. The fourth-order valence-electron chi connectivity index (χ4n) is 0. The van der Waals surface area contributed by atoms with E-state index in [1.165, 1.54) is 19.6 Å². The first-order valence-electron chi connectivity index (χ1n) is 10.9. The van der Waals surface area contributed by atoms with Gasteiger partial charge in [-0.05, 0) is 56.4 Å². The molecule has 0 atom stereocenters. The highest BCUT2D eigenvalue weighted by molar-refractivity contribution is 4.40. The zero-order chi connectivity index (χ0) is 41.0. The van der Waals surface area contributed by atoms with Crippen LogP contribution < -0.4 is 0 Å². The maximum absolute atomic E-state index is 11.0. The van der Waals surface area contributed by atoms with Crippen LogP contribution in [0.25, 0.3) is 0 Å². The van der Waals surface area contributed by atoms with Crippen LogP contribution in [0.15, 0.2) is 0 Å². The minimum atomic E-state index is -4.62. The first-order chi connectivity index (χ1) is 21.0. The highest BCUT2D eigenvalue weighted by atomic mass is 19.4. The molecular formula is C22H52F20N4. The van der Waals surface area contributed by atoms with Crippen molar-refractivity contribution in [2.45, 2.75) is 12.4 Å². The normalized spacial score (nSPS) is 8.61. The van der Waals surface area contributed by atoms with Crippen molar-refractivity contribution in [1.82, 2.24) is 19.6 Å². The van der Waals surface area contributed by atoms with Crippen LogP contribution in [0.5, 0.6) is 0 Å². The molecule has 0 fully saturated rings. The zero-order valence-electron chi connectivity index (χ0n) is 28.0. The summed E-state index contributed by atoms with van der Waals surface area (Å²) in [7, 11) is 15.4. The summed E-state index contributed by atoms with van der Waals surface area (Å²) < 4.78 is 204. The van der Waals surface area contributed by atoms with Gasteiger partial charge in [0, 0.05) is 0 Å². The molecule has 0 saturated carbocycles. The third-order valence-corrected chi connectivity index (χ3v) is 1.26. The molecule has 0 aromatic heterocycles. The van der Waals surface area contributed by atoms with Crippen LogP contribution in [0.4, 0.5) is 87.8 Å². The topological polar surface area (TPSA) is 13.0 Å². The fourth-order valence-corrected chi connectivity index (χ4v) is 0. The molecule has 0 aromatic carbocycles. The summed E-state index contributed by atoms with van der Waals surface area (Å²) in [5.41, 5.74) is 0. The molecule has 0 amide bonds. The summed E-state index contributed by atoms with van der Waals surface area (Å²) in [5.74, 6) is 0. The van der Waals surface area contributed by atoms with E-state index in [0.29, 0.717) is 28.7 Å². The van der Waals surface area contributed by atoms with Crippen molar-refractivity contribution in [2.24, 2.45) is 0 Å². The number of hydrogen-bond acceptors (Lipinski definition) is 4. The van der Waals surface area contributed by atoms with Gasteiger partial charge < -0.3 is 0 Å². The standard InChI is InChI=1S/4C3H8FN.2C2H2F4.2CH2F2.4CH3F/c4*1-5(2)3-4;2*3-1-2(4,5)6;2*2-1-3;4*1-2/h4*3H2,1-2H3;2*1H2;2*1H2;4*1H3. The molecule has 0 heterocycles. The van der Waals surface area contributed by atoms with E-state index in [2.05, 4.69) is 0 Å². The number of rotatable bonds is 4. The lowest BCUT2D eigenvalue weighted by atomic mass is 10.8. The zero-order valence-corrected chi connectivity index (χ0v) is 28.0. The van der Waals surface area contributed by atoms with E-state index < -0.39 is 39.6 Å². The van der Waals surface area contributed by atoms with Gasteiger partial charge in [-0.1, -0.05) is 0 Å². The largest absolute Gasteiger partial charge is 0.416 e. The van der Waals surface area contributed by atoms with Crippen LogP contribution in [-0.4, -0.2) is 171 Å². The highest BCUT2D eigenvalue weighted by Crippen LogP contribution is 2.14. The van der Waals surface area contributed by atoms with Crippen LogP contribution >= 0.6 is 0 Å². The van der Waals surface area contributed by atoms with Crippen molar-refractivity contribution in [2.75, 3.05) is 139 Å². The van der Waals surface area contributed by atoms with Gasteiger partial charge in [0.15, 0.2) is 13.3 Å². The smallest absolute Gasteiger partial charge is 0.283 e. The number of hydrogen-bond donors (Lipinski definition) is 0. The molecule has 0 saturated heterocycles. The lowest BCUT2D eigenvalue weighted by Gasteiger charge is -1.96. The Labute approximate surface area is 260 Å². The van der Waals surface area contributed by atoms with Gasteiger partial charge >= 0.3 is 12.4 Å². The van der Waals surface area contributed by atoms with Crippen molar-refractivity contribution in [1.29, 1.82) is 0 Å². The van der Waals surface area contributed by atoms with Gasteiger partial charge in [0.1, 0.15) is 27.2 Å². The van der Waals surface area contributed by atoms with Crippen molar-refractivity contribution in [3.05, 3.63) is 0 Å². The van der Waals surface area contributed by atoms with Crippen molar-refractivity contribution in [3.63, 3.8) is 0 Å². The molecule has 24 heteroatoms. The molecular weight excluding hydrogens is 700 g/mol. The molecule has 0 N–H and O–H groups in total. The monoisotopic (exact) mass is 752 g/mol. The molecule has 0 unspecified atom stereocenters. The Morgan fingerprint density at radius 2 is 0.348 bits per heavy atom. The average molecular weight is 753 g/mol. The van der Waals surface area contributed by atoms with Crippen molar-refractivity contribution >= 4 is 0 Å². The molecule has 0 spiro atoms. The minimum Gasteiger partial charge on any atom is -0.283 e. The second-order valence-electron chi connectivity index (χ2n) is 6.50. The van der Waals surface area contributed by atoms with E-state index in [4.69, 9.17) is 0 Å². The van der Waals surface area contributed by atoms with Crippen molar-refractivity contribution < 1.29 is 87.8 Å². The average Bonchev–Trinajstić information content (AvgIpc) is 3.02. The first-order valence-corrected chi connectivity index (χ1v) is 10.9. The molecule has 0 aliphatic carbocycles. The van der Waals surface area contributed by atoms with E-state index in [1.807, 2.05) is 0 Å². The quantitative estimate of drug-likeness (QED) is 0.210. The van der Waals surface area contributed by atoms with Gasteiger partial charge in [0.2, 0.25) is 13.9 Å². The molecule has 0 aliphatic heterocycles. The molecule has 300 valence electrons. The Kier molecular flexibility index (Phi) is 146. The van der Waals surface area contributed by atoms with E-state index in [9.17, 15) is 87.8 Å². The van der Waals surface area contributed by atoms with E-state index >= 15 is 0 Å². The third kappa shape index (κ3) is 471. The maximum atomic E-state index is 11.0. The minimum absolute atomic E-state index is 0.361. The lowest BCUT2D eigenvalue weighted by Crippen LogP contribution is -2.08. The summed E-state index contributed by atoms with van der Waals surface area (Å²) >= 11 is 0. The molecule has 0 radical (unpaired) electrons. The number of halogens is 20. The van der Waals surface area contributed by atoms with Gasteiger partial charge in [-0.15, -0.1) is 0 Å². The number of alkyl halides is 20. The summed E-state index contributed by atoms with van der Waals surface area (Å²) in [6, 6.07) is 0. The van der Waals surface area contributed by atoms with Gasteiger partial charge in [-0.3, -0.25) is 37.2 Å². The predicted octanol–water partition coefficient (Wildman–Crippen LogP) is 9.05. The van der Waals surface area contributed by atoms with Gasteiger partial charge in [-0.2, -0.15) is 26.3 Å². The van der Waals surface area contributed by atoms with E-state index in [0.717, 1.165) is 0 Å². The molecule has 0 rings (SSSR count). The highest BCUT2D eigenvalue weighted by Gasteiger charge is 2.26. The summed E-state index contributed by atoms with van der Waals surface area (Å²) in [6.07, 6.45) is -9.25. The van der Waals surface area contributed by atoms with E-state index in [-0.39, 0.29) is 27.2 Å². The Bertz CT molecular complexity index is 307. The Hall–Kier alpha value is -1.56. The molecule has 0 aromatic rings. The predicted molar refractivity (Wildman–Crippen MR) is 145 cm³/mol. The van der Waals surface area contributed by atoms with Crippen LogP contribution in [0.2, 0.25) is 0 Å². The first kappa shape index (κ1) is 79.7. The Morgan fingerprint density at radius 3 is 0.348 bits per heavy atom. The van der Waals surface area contributed by atoms with Crippen LogP contribution in [-0.2, 0) is 0 Å². The maximum Gasteiger partial charge on any atom is 0.416 e. The van der Waals surface area contributed by atoms with Crippen LogP contribution in [0.1, 0.15) is 0 Å². The molecule has 4 nitrogen and oxygen atoms in total. The second kappa shape index (κ2) is 84.4. The third-order valence-electron chi connectivity index (χ3n) is 1.26. The van der Waals surface area contributed by atoms with Crippen LogP contribution in [0, 0.1) is 0 Å². The SMILES string of the molecule is CF.CF.CF.CF.CN(C)CF.CN(C)CF.CN(C)CF.CN(C)CF.FCC(F)(F)F.FCC(F)(F)F.FCF.FCF. The summed E-state index contributed by atoms with van der Waals surface area (Å²) in [4.78, 5) is 5.83. The Morgan fingerprint density at radius 1 is 0.304 bits per heavy atom. The van der Waals surface area contributed by atoms with Crippen molar-refractivity contribution in [3.8, 4) is 0 Å². The summed E-state index contributed by atoms with van der Waals surface area (Å²) in [6.45, 7) is -9.40. The van der Waals surface area contributed by atoms with E-state index in [1.54, 1.807) is 56.4 Å². The molecule has 46 heavy (non-hydrogen) atoms. The van der Waals surface area contributed by atoms with Crippen LogP contribution in [0.3, 0.4) is 0 Å². The van der Waals surface area contributed by atoms with Gasteiger partial charge in [0.25, 0.3) is 0 Å². The van der Waals surface area contributed by atoms with Gasteiger partial charge in [-0.25, -0.2) is 43.9 Å². The second-order valence-corrected chi connectivity index (χ2v) is 6.50. The fraction of sp³-hybridized carbons (Fsp3) is 1.00. The van der Waals surface area contributed by atoms with Gasteiger partial charge in [0.05, 0.1) is 28.7 Å². The lowest BCUT2D eigenvalue weighted by molar-refractivity contribution is -0.142. The number of nitrogens with zero attached hydrogens (tertiary/aromatic N) is 4. The molecule has 0 bridgehead atoms. The summed E-state index contributed by atoms with van der Waals surface area (Å²) in [5, 5.41) is 0.